The van der Waals surface area contributed by atoms with Crippen LogP contribution >= 0.6 is 23.2 Å². The molecule has 0 amide bonds. The molecule has 0 atom stereocenters. The molecule has 1 N–H and O–H groups in total. The van der Waals surface area contributed by atoms with E-state index in [2.05, 4.69) is 10.3 Å². The first-order valence-electron chi connectivity index (χ1n) is 3.48. The van der Waals surface area contributed by atoms with Crippen LogP contribution in [0.5, 0.6) is 0 Å². The zero-order valence-corrected chi connectivity index (χ0v) is 8.24. The number of nitrogens with one attached hydrogen (secondary N) is 1. The van der Waals surface area contributed by atoms with Gasteiger partial charge < -0.3 is 10.1 Å². The summed E-state index contributed by atoms with van der Waals surface area (Å²) in [7, 11) is 0. The van der Waals surface area contributed by atoms with E-state index in [1.807, 2.05) is 0 Å². The van der Waals surface area contributed by atoms with E-state index < -0.39 is 0 Å². The van der Waals surface area contributed by atoms with Crippen LogP contribution in [-0.4, -0.2) is 17.8 Å². The Bertz CT molecular complexity index is 329. The number of rotatable bonds is 2. The number of nitrogens with zero attached hydrogens (tertiary/aromatic N) is 1. The molecule has 0 aromatic carbocycles. The third kappa shape index (κ3) is 2.25. The zero-order chi connectivity index (χ0) is 9.84. The maximum atomic E-state index is 10.4. The molecular weight excluding hydrogens is 215 g/mol. The molecule has 6 heteroatoms. The van der Waals surface area contributed by atoms with E-state index in [1.54, 1.807) is 12.9 Å². The molecular formula is C7H6Cl2N2O2. The molecule has 1 rings (SSSR count). The summed E-state index contributed by atoms with van der Waals surface area (Å²) in [5.41, 5.74) is 0.0619. The Morgan fingerprint density at radius 2 is 2.31 bits per heavy atom. The Labute approximate surface area is 84.9 Å². The predicted molar refractivity (Wildman–Crippen MR) is 50.1 cm³/mol. The smallest absolute Gasteiger partial charge is 0.202 e. The van der Waals surface area contributed by atoms with Gasteiger partial charge in [-0.25, -0.2) is 9.79 Å². The highest BCUT2D eigenvalue weighted by Gasteiger charge is 2.19. The number of carbonyl (C=O) groups excluding carboxylic acids is 1. The van der Waals surface area contributed by atoms with Crippen molar-refractivity contribution in [2.75, 3.05) is 6.61 Å². The molecule has 1 aliphatic heterocycles. The van der Waals surface area contributed by atoms with Gasteiger partial charge in [0.2, 0.25) is 5.29 Å². The average molecular weight is 221 g/mol. The van der Waals surface area contributed by atoms with Gasteiger partial charge in [0, 0.05) is 0 Å². The highest BCUT2D eigenvalue weighted by atomic mass is 35.5. The maximum Gasteiger partial charge on any atom is 0.202 e. The summed E-state index contributed by atoms with van der Waals surface area (Å²) in [5, 5.41) is 2.54. The summed E-state index contributed by atoms with van der Waals surface area (Å²) in [4.78, 5) is 14.1. The van der Waals surface area contributed by atoms with Crippen LogP contribution in [0.4, 0.5) is 0 Å². The molecule has 70 valence electrons. The third-order valence-corrected chi connectivity index (χ3v) is 1.66. The maximum absolute atomic E-state index is 10.4. The second kappa shape index (κ2) is 4.33. The number of hydrogen-bond acceptors (Lipinski definition) is 4. The standard InChI is InChI=1S/C7H6Cl2N2O2/c1-2-13-5-4(3-12)10-7(9)11-6(5)8/h2H2,1H3,(H,10,11). The van der Waals surface area contributed by atoms with Crippen LogP contribution in [0.3, 0.4) is 0 Å². The molecule has 0 saturated carbocycles. The van der Waals surface area contributed by atoms with Crippen LogP contribution in [0, 0.1) is 0 Å². The lowest BCUT2D eigenvalue weighted by Gasteiger charge is -2.15. The van der Waals surface area contributed by atoms with Crippen molar-refractivity contribution in [2.45, 2.75) is 6.92 Å². The first-order valence-corrected chi connectivity index (χ1v) is 4.24. The minimum atomic E-state index is 0.0202. The monoisotopic (exact) mass is 220 g/mol. The van der Waals surface area contributed by atoms with Gasteiger partial charge >= 0.3 is 0 Å². The van der Waals surface area contributed by atoms with Crippen molar-refractivity contribution in [1.82, 2.24) is 5.32 Å². The molecule has 0 aromatic heterocycles. The molecule has 0 bridgehead atoms. The highest BCUT2D eigenvalue weighted by molar-refractivity contribution is 6.65. The average Bonchev–Trinajstić information content (AvgIpc) is 2.09. The van der Waals surface area contributed by atoms with Crippen LogP contribution in [0.1, 0.15) is 6.92 Å². The van der Waals surface area contributed by atoms with Gasteiger partial charge in [0.1, 0.15) is 0 Å². The molecule has 4 nitrogen and oxygen atoms in total. The van der Waals surface area contributed by atoms with Crippen LogP contribution in [0.2, 0.25) is 0 Å². The topological polar surface area (TPSA) is 50.7 Å². The lowest BCUT2D eigenvalue weighted by Crippen LogP contribution is -2.24. The lowest BCUT2D eigenvalue weighted by molar-refractivity contribution is 0.233. The van der Waals surface area contributed by atoms with E-state index in [4.69, 9.17) is 27.9 Å². The molecule has 0 unspecified atom stereocenters. The van der Waals surface area contributed by atoms with Gasteiger partial charge in [0.15, 0.2) is 22.6 Å². The predicted octanol–water partition coefficient (Wildman–Crippen LogP) is 1.34. The Morgan fingerprint density at radius 1 is 1.62 bits per heavy atom. The van der Waals surface area contributed by atoms with Gasteiger partial charge in [-0.05, 0) is 18.5 Å². The third-order valence-electron chi connectivity index (χ3n) is 1.23. The van der Waals surface area contributed by atoms with Crippen molar-refractivity contribution >= 4 is 34.4 Å². The molecule has 1 aliphatic rings. The summed E-state index contributed by atoms with van der Waals surface area (Å²) in [6.45, 7) is 2.14. The summed E-state index contributed by atoms with van der Waals surface area (Å²) < 4.78 is 5.07. The van der Waals surface area contributed by atoms with Gasteiger partial charge in [-0.1, -0.05) is 11.6 Å². The quantitative estimate of drug-likeness (QED) is 0.565. The normalized spacial score (nSPS) is 16.2. The number of aliphatic imine (C=N–C) groups is 1. The van der Waals surface area contributed by atoms with Crippen molar-refractivity contribution < 1.29 is 9.53 Å². The summed E-state index contributed by atoms with van der Waals surface area (Å²) >= 11 is 11.2. The Hall–Kier alpha value is -0.960. The number of hydrogen-bond donors (Lipinski definition) is 1. The fourth-order valence-electron chi connectivity index (χ4n) is 0.776. The summed E-state index contributed by atoms with van der Waals surface area (Å²) in [6, 6.07) is 0. The molecule has 13 heavy (non-hydrogen) atoms. The van der Waals surface area contributed by atoms with Gasteiger partial charge in [0.25, 0.3) is 0 Å². The molecule has 0 aromatic rings. The molecule has 0 saturated heterocycles. The van der Waals surface area contributed by atoms with Gasteiger partial charge in [-0.3, -0.25) is 0 Å². The number of amidine groups is 1. The fraction of sp³-hybridized carbons (Fsp3) is 0.286. The second-order valence-electron chi connectivity index (χ2n) is 2.06. The Balaban J connectivity index is 3.07. The second-order valence-corrected chi connectivity index (χ2v) is 2.77. The molecule has 1 heterocycles. The summed E-state index contributed by atoms with van der Waals surface area (Å²) in [6.07, 6.45) is 0. The van der Waals surface area contributed by atoms with Crippen molar-refractivity contribution in [3.8, 4) is 0 Å². The van der Waals surface area contributed by atoms with Crippen molar-refractivity contribution in [2.24, 2.45) is 4.99 Å². The number of ether oxygens (including phenoxy) is 1. The van der Waals surface area contributed by atoms with E-state index in [-0.39, 0.29) is 21.9 Å². The largest absolute Gasteiger partial charge is 0.488 e. The van der Waals surface area contributed by atoms with E-state index in [9.17, 15) is 4.79 Å². The first kappa shape index (κ1) is 10.1. The van der Waals surface area contributed by atoms with Crippen LogP contribution in [0.25, 0.3) is 0 Å². The minimum absolute atomic E-state index is 0.0202. The van der Waals surface area contributed by atoms with Crippen LogP contribution < -0.4 is 5.32 Å². The first-order chi connectivity index (χ1) is 6.19. The van der Waals surface area contributed by atoms with Crippen molar-refractivity contribution in [3.63, 3.8) is 0 Å². The van der Waals surface area contributed by atoms with E-state index in [0.29, 0.717) is 6.61 Å². The van der Waals surface area contributed by atoms with Crippen LogP contribution in [-0.2, 0) is 9.53 Å². The van der Waals surface area contributed by atoms with Gasteiger partial charge in [0.05, 0.1) is 6.61 Å². The fourth-order valence-corrected chi connectivity index (χ4v) is 1.23. The number of halogens is 2. The van der Waals surface area contributed by atoms with E-state index in [1.165, 1.54) is 0 Å². The van der Waals surface area contributed by atoms with Gasteiger partial charge in [-0.2, -0.15) is 0 Å². The highest BCUT2D eigenvalue weighted by Crippen LogP contribution is 2.21. The SMILES string of the molecule is CCOC1=C(Cl)N=C(Cl)NC1=C=O. The molecule has 0 fully saturated rings. The van der Waals surface area contributed by atoms with E-state index in [0.717, 1.165) is 0 Å². The Morgan fingerprint density at radius 3 is 2.85 bits per heavy atom. The lowest BCUT2D eigenvalue weighted by atomic mass is 10.4. The minimum Gasteiger partial charge on any atom is -0.488 e. The van der Waals surface area contributed by atoms with Crippen LogP contribution in [0.15, 0.2) is 21.6 Å². The molecule has 0 radical (unpaired) electrons. The van der Waals surface area contributed by atoms with Crippen molar-refractivity contribution in [3.05, 3.63) is 16.6 Å². The zero-order valence-electron chi connectivity index (χ0n) is 6.73. The van der Waals surface area contributed by atoms with Gasteiger partial charge in [-0.15, -0.1) is 0 Å². The summed E-state index contributed by atoms with van der Waals surface area (Å²) in [5.74, 6) is 1.79. The van der Waals surface area contributed by atoms with Crippen molar-refractivity contribution in [1.29, 1.82) is 0 Å². The Kier molecular flexibility index (Phi) is 3.37. The molecule has 0 aliphatic carbocycles. The molecule has 0 spiro atoms. The van der Waals surface area contributed by atoms with E-state index >= 15 is 0 Å².